The molecule has 1 heterocycles. The van der Waals surface area contributed by atoms with E-state index in [1.54, 1.807) is 33.0 Å². The summed E-state index contributed by atoms with van der Waals surface area (Å²) >= 11 is -1.20. The van der Waals surface area contributed by atoms with Crippen LogP contribution < -0.4 is 35.2 Å². The van der Waals surface area contributed by atoms with Gasteiger partial charge in [0.05, 0.1) is 0 Å². The molecule has 174 valence electrons. The Kier molecular flexibility index (Phi) is 6.29. The number of halogens is 2. The Morgan fingerprint density at radius 2 is 0.971 bits per heavy atom. The molecule has 2 aliphatic carbocycles. The number of hydrogen-bond acceptors (Lipinski definition) is 0. The molecule has 0 aromatic heterocycles. The maximum Gasteiger partial charge on any atom is -1.00 e. The first-order valence-electron chi connectivity index (χ1n) is 12.1. The summed E-state index contributed by atoms with van der Waals surface area (Å²) in [4.78, 5) is 0. The summed E-state index contributed by atoms with van der Waals surface area (Å²) in [7, 11) is -2.64. The molecule has 1 aliphatic heterocycles. The van der Waals surface area contributed by atoms with E-state index in [1.807, 2.05) is 5.19 Å². The van der Waals surface area contributed by atoms with Crippen molar-refractivity contribution in [1.29, 1.82) is 0 Å². The fourth-order valence-corrected chi connectivity index (χ4v) is 25.4. The molecule has 0 bridgehead atoms. The van der Waals surface area contributed by atoms with Gasteiger partial charge in [-0.05, 0) is 0 Å². The summed E-state index contributed by atoms with van der Waals surface area (Å²) in [6.45, 7) is 10.6. The van der Waals surface area contributed by atoms with Crippen LogP contribution in [0.2, 0.25) is 26.2 Å². The van der Waals surface area contributed by atoms with Crippen molar-refractivity contribution < 1.29 is 47.7 Å². The van der Waals surface area contributed by atoms with Crippen LogP contribution in [-0.2, 0) is 22.9 Å². The van der Waals surface area contributed by atoms with Crippen molar-refractivity contribution in [1.82, 2.24) is 0 Å². The molecule has 0 saturated heterocycles. The van der Waals surface area contributed by atoms with Crippen LogP contribution in [0.5, 0.6) is 0 Å². The second kappa shape index (κ2) is 8.67. The van der Waals surface area contributed by atoms with Crippen LogP contribution in [0, 0.1) is 0 Å². The molecule has 0 saturated carbocycles. The molecular formula is C30H28Cl2HfSi2. The second-order valence-electron chi connectivity index (χ2n) is 11.0. The Morgan fingerprint density at radius 3 is 1.51 bits per heavy atom. The van der Waals surface area contributed by atoms with Crippen LogP contribution in [0.4, 0.5) is 0 Å². The fourth-order valence-electron chi connectivity index (χ4n) is 6.76. The van der Waals surface area contributed by atoms with Crippen molar-refractivity contribution in [3.05, 3.63) is 107 Å². The van der Waals surface area contributed by atoms with E-state index in [2.05, 4.69) is 111 Å². The topological polar surface area (TPSA) is 0 Å². The molecular weight excluding hydrogens is 666 g/mol. The van der Waals surface area contributed by atoms with Crippen molar-refractivity contribution in [3.63, 3.8) is 0 Å². The van der Waals surface area contributed by atoms with E-state index >= 15 is 0 Å². The fraction of sp³-hybridized carbons (Fsp3) is 0.200. The minimum Gasteiger partial charge on any atom is -1.00 e. The van der Waals surface area contributed by atoms with Gasteiger partial charge in [0.15, 0.2) is 0 Å². The Morgan fingerprint density at radius 1 is 0.514 bits per heavy atom. The van der Waals surface area contributed by atoms with E-state index in [0.29, 0.717) is 7.35 Å². The van der Waals surface area contributed by atoms with E-state index in [0.717, 1.165) is 0 Å². The molecule has 0 radical (unpaired) electrons. The molecule has 0 amide bonds. The van der Waals surface area contributed by atoms with Gasteiger partial charge in [-0.3, -0.25) is 0 Å². The van der Waals surface area contributed by atoms with E-state index in [9.17, 15) is 0 Å². The summed E-state index contributed by atoms with van der Waals surface area (Å²) in [6.07, 6.45) is 0. The van der Waals surface area contributed by atoms with Gasteiger partial charge >= 0.3 is 211 Å². The summed E-state index contributed by atoms with van der Waals surface area (Å²) in [5.41, 5.74) is 12.7. The normalized spacial score (nSPS) is 18.9. The number of benzene rings is 4. The maximum absolute atomic E-state index is 2.68. The molecule has 7 rings (SSSR count). The smallest absolute Gasteiger partial charge is 1.00 e. The third-order valence-corrected chi connectivity index (χ3v) is 33.8. The van der Waals surface area contributed by atoms with Gasteiger partial charge in [0.1, 0.15) is 0 Å². The van der Waals surface area contributed by atoms with Crippen molar-refractivity contribution in [2.75, 3.05) is 0 Å². The molecule has 0 fully saturated rings. The Balaban J connectivity index is 0.00000127. The Hall–Kier alpha value is -1.24. The molecule has 35 heavy (non-hydrogen) atoms. The number of hydrogen-bond donors (Lipinski definition) is 0. The average Bonchev–Trinajstić information content (AvgIpc) is 3.32. The van der Waals surface area contributed by atoms with Crippen LogP contribution in [0.25, 0.3) is 22.3 Å². The van der Waals surface area contributed by atoms with E-state index in [4.69, 9.17) is 0 Å². The van der Waals surface area contributed by atoms with Gasteiger partial charge in [0.25, 0.3) is 0 Å². The van der Waals surface area contributed by atoms with Gasteiger partial charge in [-0.1, -0.05) is 0 Å². The SMILES string of the molecule is C[Si]1(C)c2ccc3c(c2[Si]1(C)C)[CH]([Hf+2][CH]1c2ccccc2-c2ccccc21)c1ccccc1-3.[Cl-].[Cl-]. The standard InChI is InChI=1S/C17H19Si2.C13H9.2ClH.Hf/c1-18(2)16-10-9-14-13-8-6-5-7-12(13)11-15(14)17(16)19(18,3)4;1-3-7-12-10(5-1)9-11-6-2-4-8-13(11)12;;;/h5-11H,1-4H3;1-9H;2*1H;/q;;;;+2/p-2. The zero-order valence-electron chi connectivity index (χ0n) is 20.5. The first-order chi connectivity index (χ1) is 15.9. The number of fused-ring (bicyclic) bond motifs is 8. The van der Waals surface area contributed by atoms with Crippen LogP contribution in [0.1, 0.15) is 29.6 Å². The third-order valence-electron chi connectivity index (χ3n) is 9.12. The number of rotatable bonds is 2. The first-order valence-corrected chi connectivity index (χ1v) is 23.3. The van der Waals surface area contributed by atoms with Crippen molar-refractivity contribution in [2.24, 2.45) is 0 Å². The van der Waals surface area contributed by atoms with Gasteiger partial charge in [-0.2, -0.15) is 0 Å². The Bertz CT molecular complexity index is 1430. The molecule has 1 unspecified atom stereocenters. The van der Waals surface area contributed by atoms with Gasteiger partial charge in [0.2, 0.25) is 0 Å². The molecule has 0 spiro atoms. The van der Waals surface area contributed by atoms with Crippen molar-refractivity contribution in [3.8, 4) is 22.3 Å². The maximum atomic E-state index is 2.68. The summed E-state index contributed by atoms with van der Waals surface area (Å²) < 4.78 is 1.35. The van der Waals surface area contributed by atoms with Crippen molar-refractivity contribution in [2.45, 2.75) is 33.5 Å². The van der Waals surface area contributed by atoms with Crippen LogP contribution in [0.15, 0.2) is 84.9 Å². The molecule has 0 nitrogen and oxygen atoms in total. The zero-order chi connectivity index (χ0) is 22.5. The monoisotopic (exact) mass is 694 g/mol. The molecule has 3 aliphatic rings. The Labute approximate surface area is 234 Å². The third kappa shape index (κ3) is 3.24. The minimum atomic E-state index is -1.37. The quantitative estimate of drug-likeness (QED) is 0.269. The van der Waals surface area contributed by atoms with E-state index in [1.165, 1.54) is 16.7 Å². The van der Waals surface area contributed by atoms with E-state index in [-0.39, 0.29) is 24.8 Å². The van der Waals surface area contributed by atoms with Crippen LogP contribution in [0.3, 0.4) is 0 Å². The summed E-state index contributed by atoms with van der Waals surface area (Å²) in [5.74, 6) is 0. The summed E-state index contributed by atoms with van der Waals surface area (Å²) in [5, 5.41) is 3.65. The molecule has 5 heteroatoms. The zero-order valence-corrected chi connectivity index (χ0v) is 27.6. The first kappa shape index (κ1) is 25.4. The van der Waals surface area contributed by atoms with Crippen LogP contribution in [-0.4, -0.2) is 15.2 Å². The summed E-state index contributed by atoms with van der Waals surface area (Å²) in [6, 6.07) is 32.9. The van der Waals surface area contributed by atoms with Gasteiger partial charge in [-0.15, -0.1) is 0 Å². The molecule has 0 N–H and O–H groups in total. The van der Waals surface area contributed by atoms with Gasteiger partial charge in [-0.25, -0.2) is 0 Å². The largest absolute Gasteiger partial charge is 1.00 e. The molecule has 1 atom stereocenters. The minimum absolute atomic E-state index is 0. The predicted molar refractivity (Wildman–Crippen MR) is 142 cm³/mol. The average molecular weight is 694 g/mol. The molecule has 4 aromatic rings. The predicted octanol–water partition coefficient (Wildman–Crippen LogP) is 0.540. The van der Waals surface area contributed by atoms with Crippen LogP contribution >= 0.6 is 0 Å². The van der Waals surface area contributed by atoms with Gasteiger partial charge in [0, 0.05) is 0 Å². The van der Waals surface area contributed by atoms with Gasteiger partial charge < -0.3 is 24.8 Å². The molecule has 4 aromatic carbocycles. The van der Waals surface area contributed by atoms with E-state index < -0.39 is 38.1 Å². The second-order valence-corrected chi connectivity index (χ2v) is 31.4. The van der Waals surface area contributed by atoms with Crippen molar-refractivity contribution >= 4 is 25.6 Å².